The molecule has 246 valence electrons. The van der Waals surface area contributed by atoms with E-state index in [1.807, 2.05) is 12.4 Å². The van der Waals surface area contributed by atoms with E-state index in [1.54, 1.807) is 0 Å². The van der Waals surface area contributed by atoms with Gasteiger partial charge in [-0.1, -0.05) is 137 Å². The van der Waals surface area contributed by atoms with Crippen LogP contribution in [0.2, 0.25) is 0 Å². The van der Waals surface area contributed by atoms with Crippen molar-refractivity contribution in [3.8, 4) is 11.5 Å². The van der Waals surface area contributed by atoms with Gasteiger partial charge in [0, 0.05) is 34.7 Å². The second-order valence-corrected chi connectivity index (χ2v) is 19.1. The molecule has 4 heteroatoms. The average molecular weight is 605 g/mol. The van der Waals surface area contributed by atoms with Crippen LogP contribution >= 0.6 is 0 Å². The summed E-state index contributed by atoms with van der Waals surface area (Å²) in [6.07, 6.45) is 3.72. The number of hydrogen-bond acceptors (Lipinski definition) is 4. The zero-order valence-electron chi connectivity index (χ0n) is 31.4. The van der Waals surface area contributed by atoms with Gasteiger partial charge in [0.05, 0.1) is 12.1 Å². The molecule has 44 heavy (non-hydrogen) atoms. The predicted molar refractivity (Wildman–Crippen MR) is 193 cm³/mol. The van der Waals surface area contributed by atoms with Crippen molar-refractivity contribution >= 4 is 12.4 Å². The Bertz CT molecular complexity index is 1260. The van der Waals surface area contributed by atoms with Crippen molar-refractivity contribution in [2.45, 2.75) is 158 Å². The lowest BCUT2D eigenvalue weighted by Gasteiger charge is -2.39. The SMILES string of the molecule is CC(C)(C)c1cc(C=N[C@@H]([C@H](N=Cc2cc(C(C)(C)C)cc(C(C)(C)C)c2O)C(C)(C)C)C(C)(C)C)c(O)c(C(C)(C)C)c1. The third-order valence-electron chi connectivity index (χ3n) is 8.45. The Morgan fingerprint density at radius 1 is 0.455 bits per heavy atom. The number of aliphatic imine (C=N–C) groups is 2. The van der Waals surface area contributed by atoms with E-state index in [1.165, 1.54) is 11.1 Å². The largest absolute Gasteiger partial charge is 0.507 e. The Balaban J connectivity index is 2.79. The van der Waals surface area contributed by atoms with E-state index in [9.17, 15) is 10.2 Å². The summed E-state index contributed by atoms with van der Waals surface area (Å²) in [5.41, 5.74) is 4.63. The van der Waals surface area contributed by atoms with Gasteiger partial charge in [0.25, 0.3) is 0 Å². The van der Waals surface area contributed by atoms with Crippen molar-refractivity contribution in [3.05, 3.63) is 57.6 Å². The minimum absolute atomic E-state index is 0.0759. The smallest absolute Gasteiger partial charge is 0.128 e. The number of phenols is 2. The molecule has 0 aliphatic heterocycles. The van der Waals surface area contributed by atoms with Gasteiger partial charge in [-0.25, -0.2) is 0 Å². The van der Waals surface area contributed by atoms with Gasteiger partial charge in [0.2, 0.25) is 0 Å². The maximum absolute atomic E-state index is 11.4. The Hall–Kier alpha value is -2.62. The highest BCUT2D eigenvalue weighted by atomic mass is 16.3. The number of hydrogen-bond donors (Lipinski definition) is 2. The minimum atomic E-state index is -0.220. The summed E-state index contributed by atoms with van der Waals surface area (Å²) in [5, 5.41) is 22.9. The van der Waals surface area contributed by atoms with Crippen molar-refractivity contribution in [3.63, 3.8) is 0 Å². The van der Waals surface area contributed by atoms with Crippen LogP contribution in [0, 0.1) is 10.8 Å². The van der Waals surface area contributed by atoms with Crippen LogP contribution in [0.15, 0.2) is 34.3 Å². The molecule has 0 amide bonds. The Morgan fingerprint density at radius 3 is 0.932 bits per heavy atom. The minimum Gasteiger partial charge on any atom is -0.507 e. The second-order valence-electron chi connectivity index (χ2n) is 19.1. The molecule has 0 heterocycles. The lowest BCUT2D eigenvalue weighted by atomic mass is 9.73. The van der Waals surface area contributed by atoms with Crippen LogP contribution in [0.1, 0.15) is 158 Å². The van der Waals surface area contributed by atoms with Crippen LogP contribution in [0.4, 0.5) is 0 Å². The Morgan fingerprint density at radius 2 is 0.727 bits per heavy atom. The molecule has 0 saturated carbocycles. The standard InChI is InChI=1S/C40H64N2O2/c1-35(2,3)27-19-25(31(43)29(21-27)37(7,8)9)23-41-33(39(13,14)15)34(40(16,17)18)42-24-26-20-28(36(4,5)6)22-30(32(26)44)38(10,11)12/h19-24,33-34,43-44H,1-18H3/t33-,34-/m0/s1. The molecule has 2 aromatic carbocycles. The number of rotatable bonds is 5. The molecule has 0 fully saturated rings. The zero-order chi connectivity index (χ0) is 34.4. The van der Waals surface area contributed by atoms with Gasteiger partial charge in [-0.05, 0) is 55.7 Å². The van der Waals surface area contributed by atoms with E-state index >= 15 is 0 Å². The molecule has 2 N–H and O–H groups in total. The highest BCUT2D eigenvalue weighted by Crippen LogP contribution is 2.40. The van der Waals surface area contributed by atoms with Gasteiger partial charge in [-0.2, -0.15) is 0 Å². The van der Waals surface area contributed by atoms with Crippen molar-refractivity contribution in [1.29, 1.82) is 0 Å². The van der Waals surface area contributed by atoms with Crippen LogP contribution < -0.4 is 0 Å². The molecule has 0 radical (unpaired) electrons. The monoisotopic (exact) mass is 604 g/mol. The topological polar surface area (TPSA) is 65.2 Å². The van der Waals surface area contributed by atoms with Gasteiger partial charge in [-0.15, -0.1) is 0 Å². The molecule has 0 aliphatic rings. The van der Waals surface area contributed by atoms with Crippen molar-refractivity contribution < 1.29 is 10.2 Å². The number of aromatic hydroxyl groups is 2. The lowest BCUT2D eigenvalue weighted by Crippen LogP contribution is -2.43. The first-order valence-electron chi connectivity index (χ1n) is 16.3. The molecular formula is C40H64N2O2. The predicted octanol–water partition coefficient (Wildman–Crippen LogP) is 10.7. The summed E-state index contributed by atoms with van der Waals surface area (Å²) < 4.78 is 0. The van der Waals surface area contributed by atoms with Crippen LogP contribution in [-0.4, -0.2) is 34.7 Å². The first-order valence-corrected chi connectivity index (χ1v) is 16.3. The van der Waals surface area contributed by atoms with Crippen molar-refractivity contribution in [2.75, 3.05) is 0 Å². The summed E-state index contributed by atoms with van der Waals surface area (Å²) in [6, 6.07) is 8.05. The van der Waals surface area contributed by atoms with Crippen LogP contribution in [0.3, 0.4) is 0 Å². The quantitative estimate of drug-likeness (QED) is 0.333. The first-order chi connectivity index (χ1) is 19.5. The van der Waals surface area contributed by atoms with E-state index in [2.05, 4.69) is 149 Å². The van der Waals surface area contributed by atoms with Gasteiger partial charge in [-0.3, -0.25) is 9.98 Å². The molecule has 0 bridgehead atoms. The second kappa shape index (κ2) is 12.3. The molecule has 0 spiro atoms. The summed E-state index contributed by atoms with van der Waals surface area (Å²) in [6.45, 7) is 39.2. The van der Waals surface area contributed by atoms with Crippen molar-refractivity contribution in [1.82, 2.24) is 0 Å². The molecule has 4 nitrogen and oxygen atoms in total. The molecule has 0 aliphatic carbocycles. The average Bonchev–Trinajstić information content (AvgIpc) is 2.78. The number of phenolic OH excluding ortho intramolecular Hbond substituents is 2. The summed E-state index contributed by atoms with van der Waals surface area (Å²) in [7, 11) is 0. The van der Waals surface area contributed by atoms with Crippen molar-refractivity contribution in [2.24, 2.45) is 20.8 Å². The van der Waals surface area contributed by atoms with Crippen LogP contribution in [0.25, 0.3) is 0 Å². The van der Waals surface area contributed by atoms with Gasteiger partial charge >= 0.3 is 0 Å². The van der Waals surface area contributed by atoms with Gasteiger partial charge < -0.3 is 10.2 Å². The molecule has 2 rings (SSSR count). The van der Waals surface area contributed by atoms with E-state index in [-0.39, 0.29) is 56.1 Å². The third-order valence-corrected chi connectivity index (χ3v) is 8.45. The van der Waals surface area contributed by atoms with E-state index in [4.69, 9.17) is 9.98 Å². The maximum atomic E-state index is 11.4. The lowest BCUT2D eigenvalue weighted by molar-refractivity contribution is 0.196. The Kier molecular flexibility index (Phi) is 10.5. The summed E-state index contributed by atoms with van der Waals surface area (Å²) in [4.78, 5) is 10.5. The normalized spacial score (nSPS) is 15.8. The Labute approximate surface area is 270 Å². The number of benzene rings is 2. The fraction of sp³-hybridized carbons (Fsp3) is 0.650. The fourth-order valence-corrected chi connectivity index (χ4v) is 5.40. The molecule has 0 aromatic heterocycles. The van der Waals surface area contributed by atoms with E-state index in [0.717, 1.165) is 22.3 Å². The molecule has 0 saturated heterocycles. The highest BCUT2D eigenvalue weighted by Gasteiger charge is 2.39. The molecule has 0 unspecified atom stereocenters. The van der Waals surface area contributed by atoms with Crippen LogP contribution in [-0.2, 0) is 21.7 Å². The van der Waals surface area contributed by atoms with E-state index in [0.29, 0.717) is 0 Å². The van der Waals surface area contributed by atoms with Crippen LogP contribution in [0.5, 0.6) is 11.5 Å². The molecule has 2 aromatic rings. The molecule has 2 atom stereocenters. The third kappa shape index (κ3) is 9.21. The first kappa shape index (κ1) is 37.6. The van der Waals surface area contributed by atoms with E-state index < -0.39 is 0 Å². The summed E-state index contributed by atoms with van der Waals surface area (Å²) in [5.74, 6) is 0.577. The molecular weight excluding hydrogens is 540 g/mol. The zero-order valence-corrected chi connectivity index (χ0v) is 31.4. The number of nitrogens with zero attached hydrogens (tertiary/aromatic N) is 2. The maximum Gasteiger partial charge on any atom is 0.128 e. The fourth-order valence-electron chi connectivity index (χ4n) is 5.40. The highest BCUT2D eigenvalue weighted by molar-refractivity contribution is 5.86. The summed E-state index contributed by atoms with van der Waals surface area (Å²) >= 11 is 0. The van der Waals surface area contributed by atoms with Gasteiger partial charge in [0.15, 0.2) is 0 Å². The van der Waals surface area contributed by atoms with Gasteiger partial charge in [0.1, 0.15) is 11.5 Å².